The molecular weight excluding hydrogens is 1220 g/mol. The zero-order chi connectivity index (χ0) is 64.2. The van der Waals surface area contributed by atoms with E-state index in [2.05, 4.69) is 10.6 Å². The number of imide groups is 1. The fourth-order valence-corrected chi connectivity index (χ4v) is 12.2. The lowest BCUT2D eigenvalue weighted by atomic mass is 9.95. The van der Waals surface area contributed by atoms with Gasteiger partial charge in [-0.15, -0.1) is 23.2 Å². The number of hydrogen-bond acceptors (Lipinski definition) is 18. The first-order chi connectivity index (χ1) is 43.2. The van der Waals surface area contributed by atoms with Gasteiger partial charge >= 0.3 is 11.9 Å². The quantitative estimate of drug-likeness (QED) is 0.0206. The van der Waals surface area contributed by atoms with Gasteiger partial charge in [-0.25, -0.2) is 9.59 Å². The molecule has 12 atom stereocenters. The number of aliphatic hydroxyl groups is 6. The van der Waals surface area contributed by atoms with Crippen molar-refractivity contribution >= 4 is 121 Å². The van der Waals surface area contributed by atoms with Crippen molar-refractivity contribution in [3.8, 4) is 11.5 Å². The van der Waals surface area contributed by atoms with Gasteiger partial charge in [-0.05, 0) is 64.1 Å². The Hall–Kier alpha value is -8.34. The van der Waals surface area contributed by atoms with Gasteiger partial charge in [0, 0.05) is 116 Å². The van der Waals surface area contributed by atoms with Crippen LogP contribution in [-0.2, 0) is 47.8 Å². The van der Waals surface area contributed by atoms with Crippen LogP contribution in [0, 0.1) is 0 Å². The van der Waals surface area contributed by atoms with Gasteiger partial charge in [0.1, 0.15) is 48.1 Å². The molecule has 10 rings (SSSR count). The first-order valence-electron chi connectivity index (χ1n) is 28.8. The van der Waals surface area contributed by atoms with Gasteiger partial charge in [-0.1, -0.05) is 67.1 Å². The molecule has 90 heavy (non-hydrogen) atoms. The summed E-state index contributed by atoms with van der Waals surface area (Å²) in [6.07, 6.45) is -9.68. The van der Waals surface area contributed by atoms with Crippen molar-refractivity contribution in [3.05, 3.63) is 125 Å². The Morgan fingerprint density at radius 2 is 1.07 bits per heavy atom. The molecular formula is C63H63Cl2N5O20. The molecule has 0 spiro atoms. The lowest BCUT2D eigenvalue weighted by Gasteiger charge is -2.38. The Kier molecular flexibility index (Phi) is 20.0. The topological polar surface area (TPSA) is 369 Å². The molecule has 1 unspecified atom stereocenters. The molecule has 5 heterocycles. The summed E-state index contributed by atoms with van der Waals surface area (Å²) in [5.74, 6) is -6.47. The maximum absolute atomic E-state index is 14.5. The number of fused-ring (bicyclic) bond motifs is 6. The van der Waals surface area contributed by atoms with Crippen LogP contribution in [0.4, 0.5) is 17.1 Å². The Labute approximate surface area is 522 Å². The second-order valence-corrected chi connectivity index (χ2v) is 22.8. The van der Waals surface area contributed by atoms with Crippen LogP contribution in [0.2, 0.25) is 0 Å². The number of carboxylic acids is 2. The minimum atomic E-state index is -1.97. The predicted octanol–water partition coefficient (Wildman–Crippen LogP) is 3.23. The fourth-order valence-electron chi connectivity index (χ4n) is 11.7. The van der Waals surface area contributed by atoms with Gasteiger partial charge in [0.2, 0.25) is 24.4 Å². The Morgan fingerprint density at radius 3 is 1.56 bits per heavy atom. The molecule has 0 aliphatic carbocycles. The summed E-state index contributed by atoms with van der Waals surface area (Å²) in [7, 11) is 0. The maximum Gasteiger partial charge on any atom is 0.335 e. The lowest BCUT2D eigenvalue weighted by Crippen LogP contribution is -2.61. The number of rotatable bonds is 22. The highest BCUT2D eigenvalue weighted by molar-refractivity contribution is 6.20. The molecule has 5 aliphatic heterocycles. The van der Waals surface area contributed by atoms with Crippen LogP contribution in [0.1, 0.15) is 66.2 Å². The van der Waals surface area contributed by atoms with E-state index in [4.69, 9.17) is 42.1 Å². The molecule has 25 nitrogen and oxygen atoms in total. The number of aliphatic carboxylic acids is 2. The summed E-state index contributed by atoms with van der Waals surface area (Å²) in [5.41, 5.74) is 3.00. The van der Waals surface area contributed by atoms with Crippen molar-refractivity contribution in [3.63, 3.8) is 0 Å². The molecule has 10 N–H and O–H groups in total. The number of carbonyl (C=O) groups excluding carboxylic acids is 6. The largest absolute Gasteiger partial charge is 0.479 e. The van der Waals surface area contributed by atoms with E-state index in [1.54, 1.807) is 66.7 Å². The summed E-state index contributed by atoms with van der Waals surface area (Å²) < 4.78 is 23.0. The smallest absolute Gasteiger partial charge is 0.335 e. The summed E-state index contributed by atoms with van der Waals surface area (Å²) in [6.45, 7) is 0.372. The van der Waals surface area contributed by atoms with Gasteiger partial charge in [0.05, 0.1) is 11.4 Å². The van der Waals surface area contributed by atoms with Gasteiger partial charge in [-0.3, -0.25) is 33.7 Å². The Morgan fingerprint density at radius 1 is 0.578 bits per heavy atom. The number of nitrogens with zero attached hydrogens (tertiary/aromatic N) is 3. The number of halogens is 2. The molecule has 2 saturated heterocycles. The van der Waals surface area contributed by atoms with E-state index in [0.717, 1.165) is 4.90 Å². The third-order valence-corrected chi connectivity index (χ3v) is 17.1. The molecule has 2 fully saturated rings. The van der Waals surface area contributed by atoms with Gasteiger partial charge < -0.3 is 80.2 Å². The number of nitrogens with one attached hydrogen (secondary N) is 2. The van der Waals surface area contributed by atoms with Crippen molar-refractivity contribution in [2.45, 2.75) is 105 Å². The molecule has 0 aromatic heterocycles. The van der Waals surface area contributed by atoms with Crippen molar-refractivity contribution in [2.75, 3.05) is 53.1 Å². The van der Waals surface area contributed by atoms with Crippen LogP contribution in [0.5, 0.6) is 11.5 Å². The molecule has 5 aromatic rings. The van der Waals surface area contributed by atoms with E-state index in [-0.39, 0.29) is 91.6 Å². The Bertz CT molecular complexity index is 3730. The van der Waals surface area contributed by atoms with Crippen molar-refractivity contribution < 1.29 is 98.2 Å². The summed E-state index contributed by atoms with van der Waals surface area (Å²) in [4.78, 5) is 107. The highest BCUT2D eigenvalue weighted by Crippen LogP contribution is 2.48. The van der Waals surface area contributed by atoms with Crippen LogP contribution in [-0.4, -0.2) is 192 Å². The SMILES string of the molecule is O=C(CCCCCN1C(=O)C=CC1=O)NCCC(=O)Nc1cc(/C=C/C(=O)N2C[C@@H](CCl)c3c2cc(O[C@@H]2O[C@H](C(=O)O)[C@@H](O)[C@H](O)[C@H]2O)c2ccccc32)ccc1/C=C/C(=O)N1C[C@@H](CCl)c2c1cc(O[C@@H]1O[C@H](C(=O)O)[C@@H](O)C(O)[C@H]1O)c1ccccc21. The average Bonchev–Trinajstić information content (AvgIpc) is 1.54. The minimum absolute atomic E-state index is 0.0383. The van der Waals surface area contributed by atoms with Crippen molar-refractivity contribution in [1.29, 1.82) is 0 Å². The monoisotopic (exact) mass is 1280 g/mol. The van der Waals surface area contributed by atoms with Gasteiger partial charge in [-0.2, -0.15) is 0 Å². The average molecular weight is 1280 g/mol. The molecule has 0 radical (unpaired) electrons. The number of carboxylic acid groups (broad SMARTS) is 2. The number of carbonyl (C=O) groups is 8. The van der Waals surface area contributed by atoms with Crippen LogP contribution in [0.3, 0.4) is 0 Å². The maximum atomic E-state index is 14.5. The lowest BCUT2D eigenvalue weighted by molar-refractivity contribution is -0.270. The number of aliphatic hydroxyl groups excluding tert-OH is 6. The van der Waals surface area contributed by atoms with Crippen molar-refractivity contribution in [1.82, 2.24) is 10.2 Å². The summed E-state index contributed by atoms with van der Waals surface area (Å²) in [6, 6.07) is 21.7. The van der Waals surface area contributed by atoms with E-state index in [1.165, 1.54) is 58.4 Å². The Balaban J connectivity index is 0.900. The van der Waals surface area contributed by atoms with Crippen LogP contribution in [0.15, 0.2) is 103 Å². The molecule has 0 saturated carbocycles. The number of alkyl halides is 2. The molecule has 27 heteroatoms. The van der Waals surface area contributed by atoms with Crippen LogP contribution >= 0.6 is 23.2 Å². The van der Waals surface area contributed by atoms with Crippen LogP contribution in [0.25, 0.3) is 33.7 Å². The summed E-state index contributed by atoms with van der Waals surface area (Å²) >= 11 is 13.1. The summed E-state index contributed by atoms with van der Waals surface area (Å²) in [5, 5.41) is 90.6. The molecule has 474 valence electrons. The molecule has 6 amide bonds. The number of ether oxygens (including phenoxy) is 4. The fraction of sp³-hybridized carbons (Fsp3) is 0.365. The van der Waals surface area contributed by atoms with E-state index in [1.807, 2.05) is 0 Å². The van der Waals surface area contributed by atoms with E-state index < -0.39 is 97.0 Å². The normalized spacial score (nSPS) is 25.5. The van der Waals surface area contributed by atoms with Gasteiger partial charge in [0.15, 0.2) is 12.2 Å². The zero-order valence-electron chi connectivity index (χ0n) is 47.8. The van der Waals surface area contributed by atoms with Crippen molar-refractivity contribution in [2.24, 2.45) is 0 Å². The second-order valence-electron chi connectivity index (χ2n) is 22.1. The molecule has 5 aliphatic rings. The first kappa shape index (κ1) is 64.6. The number of hydrogen-bond donors (Lipinski definition) is 10. The first-order valence-corrected chi connectivity index (χ1v) is 29.9. The minimum Gasteiger partial charge on any atom is -0.479 e. The van der Waals surface area contributed by atoms with E-state index >= 15 is 0 Å². The number of amides is 6. The van der Waals surface area contributed by atoms with Gasteiger partial charge in [0.25, 0.3) is 23.6 Å². The van der Waals surface area contributed by atoms with E-state index in [9.17, 15) is 79.2 Å². The molecule has 5 aromatic carbocycles. The second kappa shape index (κ2) is 27.8. The van der Waals surface area contributed by atoms with Crippen LogP contribution < -0.4 is 29.9 Å². The highest BCUT2D eigenvalue weighted by Gasteiger charge is 2.50. The third-order valence-electron chi connectivity index (χ3n) is 16.3. The zero-order valence-corrected chi connectivity index (χ0v) is 49.3. The standard InChI is InChI=1S/C63H63Cl2N5O20/c64-27-33-29-69(40-25-42(35-8-3-5-10-37(35)50(33)40)87-62-56(81)52(77)54(79)58(89-62)60(83)84)48(75)17-14-31-13-15-32(39(24-31)67-45(72)21-22-66-44(71)12-2-1-7-23-68-46(73)19-20-47(68)74)16-18-49(76)70-30-34(28-65)51-38-11-6-4-9-36(38)43(26-41(51)70)88-63-57(82)53(78)55(80)59(90-63)61(85)86/h3-6,8-11,13-20,24-26,33-34,52-59,62-63,77-82H,1-2,7,12,21-23,27-30H2,(H,66,71)(H,67,72)(H,83,84)(H,85,86)/b17-14+,18-16+/t33-,34-,52+,53?,54+,55+,56-,57-,58+,59+,62-,63-/m1/s1. The number of benzene rings is 5. The third kappa shape index (κ3) is 13.4. The number of anilines is 3. The molecule has 0 bridgehead atoms. The number of unbranched alkanes of at least 4 members (excludes halogenated alkanes) is 2. The highest BCUT2D eigenvalue weighted by atomic mass is 35.5. The predicted molar refractivity (Wildman–Crippen MR) is 325 cm³/mol. The van der Waals surface area contributed by atoms with E-state index in [0.29, 0.717) is 74.4 Å².